The van der Waals surface area contributed by atoms with E-state index in [1.54, 1.807) is 0 Å². The van der Waals surface area contributed by atoms with Gasteiger partial charge in [-0.2, -0.15) is 0 Å². The molecule has 0 spiro atoms. The first kappa shape index (κ1) is 22.5. The van der Waals surface area contributed by atoms with Gasteiger partial charge in [0.1, 0.15) is 23.2 Å². The third-order valence-electron chi connectivity index (χ3n) is 6.51. The smallest absolute Gasteiger partial charge is 0.192 e. The number of furan rings is 1. The molecule has 0 aliphatic carbocycles. The first-order valence-corrected chi connectivity index (χ1v) is 12.1. The average molecular weight is 477 g/mol. The van der Waals surface area contributed by atoms with Gasteiger partial charge in [0.25, 0.3) is 0 Å². The summed E-state index contributed by atoms with van der Waals surface area (Å²) in [6.07, 6.45) is 2.77. The molecule has 2 N–H and O–H groups in total. The summed E-state index contributed by atoms with van der Waals surface area (Å²) in [4.78, 5) is 7.06. The van der Waals surface area contributed by atoms with Gasteiger partial charge in [-0.25, -0.2) is 4.99 Å². The molecule has 7 nitrogen and oxygen atoms in total. The topological polar surface area (TPSA) is 85.5 Å². The molecule has 1 fully saturated rings. The number of aliphatic imine (C=N–C) groups is 1. The zero-order chi connectivity index (χ0) is 23.7. The molecule has 5 rings (SSSR count). The van der Waals surface area contributed by atoms with Crippen molar-refractivity contribution in [2.75, 3.05) is 6.54 Å². The van der Waals surface area contributed by atoms with Crippen LogP contribution in [-0.4, -0.2) is 32.2 Å². The maximum atomic E-state index is 6.60. The molecule has 0 unspecified atom stereocenters. The van der Waals surface area contributed by atoms with E-state index in [2.05, 4.69) is 38.7 Å². The van der Waals surface area contributed by atoms with Gasteiger partial charge in [0.2, 0.25) is 0 Å². The number of likely N-dealkylation sites (tertiary alicyclic amines) is 1. The van der Waals surface area contributed by atoms with E-state index in [-0.39, 0.29) is 12.1 Å². The summed E-state index contributed by atoms with van der Waals surface area (Å²) in [6.45, 7) is 5.60. The number of aryl methyl sites for hydroxylation is 1. The largest absolute Gasteiger partial charge is 0.459 e. The Labute approximate surface area is 204 Å². The fraction of sp³-hybridized carbons (Fsp3) is 0.346. The Balaban J connectivity index is 1.41. The maximum Gasteiger partial charge on any atom is 0.192 e. The van der Waals surface area contributed by atoms with Crippen molar-refractivity contribution in [2.24, 2.45) is 10.7 Å². The minimum Gasteiger partial charge on any atom is -0.459 e. The second kappa shape index (κ2) is 9.50. The third-order valence-corrected chi connectivity index (χ3v) is 6.76. The molecule has 1 saturated heterocycles. The molecular formula is C26H29ClN6O. The van der Waals surface area contributed by atoms with Crippen LogP contribution >= 0.6 is 11.6 Å². The quantitative estimate of drug-likeness (QED) is 0.287. The van der Waals surface area contributed by atoms with E-state index in [1.807, 2.05) is 49.4 Å². The van der Waals surface area contributed by atoms with E-state index in [4.69, 9.17) is 26.7 Å². The predicted molar refractivity (Wildman–Crippen MR) is 135 cm³/mol. The number of guanidine groups is 1. The second-order valence-corrected chi connectivity index (χ2v) is 9.20. The van der Waals surface area contributed by atoms with Crippen LogP contribution in [0.4, 0.5) is 0 Å². The number of nitrogens with zero attached hydrogens (tertiary/aromatic N) is 5. The highest BCUT2D eigenvalue weighted by molar-refractivity contribution is 6.30. The van der Waals surface area contributed by atoms with Crippen molar-refractivity contribution < 1.29 is 4.42 Å². The molecule has 0 bridgehead atoms. The normalized spacial score (nSPS) is 17.6. The number of hydrogen-bond donors (Lipinski definition) is 1. The lowest BCUT2D eigenvalue weighted by atomic mass is 10.1. The predicted octanol–water partition coefficient (Wildman–Crippen LogP) is 5.64. The summed E-state index contributed by atoms with van der Waals surface area (Å²) in [5.41, 5.74) is 8.62. The van der Waals surface area contributed by atoms with Gasteiger partial charge in [-0.1, -0.05) is 48.9 Å². The number of nitrogens with two attached hydrogens (primary N) is 1. The highest BCUT2D eigenvalue weighted by Gasteiger charge is 2.32. The lowest BCUT2D eigenvalue weighted by Gasteiger charge is -2.26. The fourth-order valence-electron chi connectivity index (χ4n) is 4.68. The summed E-state index contributed by atoms with van der Waals surface area (Å²) in [6, 6.07) is 17.9. The summed E-state index contributed by atoms with van der Waals surface area (Å²) in [5.74, 6) is 3.15. The number of para-hydroxylation sites is 1. The second-order valence-electron chi connectivity index (χ2n) is 8.77. The molecule has 0 amide bonds. The molecule has 3 heterocycles. The molecule has 1 aliphatic heterocycles. The van der Waals surface area contributed by atoms with Crippen molar-refractivity contribution in [1.29, 1.82) is 0 Å². The average Bonchev–Trinajstić information content (AvgIpc) is 3.57. The molecule has 176 valence electrons. The van der Waals surface area contributed by atoms with Crippen LogP contribution in [0.2, 0.25) is 5.02 Å². The molecule has 8 heteroatoms. The lowest BCUT2D eigenvalue weighted by Crippen LogP contribution is -2.38. The van der Waals surface area contributed by atoms with Gasteiger partial charge in [-0.15, -0.1) is 10.2 Å². The van der Waals surface area contributed by atoms with Crippen molar-refractivity contribution in [3.63, 3.8) is 0 Å². The van der Waals surface area contributed by atoms with Crippen molar-refractivity contribution >= 4 is 28.5 Å². The highest BCUT2D eigenvalue weighted by Crippen LogP contribution is 2.33. The number of fused-ring (bicyclic) bond motifs is 1. The van der Waals surface area contributed by atoms with Crippen molar-refractivity contribution in [3.8, 4) is 0 Å². The van der Waals surface area contributed by atoms with E-state index in [0.717, 1.165) is 64.8 Å². The third kappa shape index (κ3) is 4.40. The van der Waals surface area contributed by atoms with E-state index in [0.29, 0.717) is 12.5 Å². The van der Waals surface area contributed by atoms with E-state index < -0.39 is 0 Å². The molecule has 0 radical (unpaired) electrons. The van der Waals surface area contributed by atoms with E-state index in [1.165, 1.54) is 0 Å². The van der Waals surface area contributed by atoms with Crippen LogP contribution in [-0.2, 0) is 6.54 Å². The van der Waals surface area contributed by atoms with E-state index in [9.17, 15) is 0 Å². The Bertz CT molecular complexity index is 1280. The van der Waals surface area contributed by atoms with Crippen LogP contribution in [0.1, 0.15) is 61.2 Å². The number of hydrogen-bond acceptors (Lipinski definition) is 4. The standard InChI is InChI=1S/C26H29ClN6O/c1-3-21(24-15-19-7-4-5-9-23(19)34-24)29-26(28)32-14-6-8-22(32)25-31-30-17(2)33(25)16-18-10-12-20(27)13-11-18/h4-5,7,9-13,15,21-22H,3,6,8,14,16H2,1-2H3,(H2,28,29)/t21-,22+/m0/s1. The zero-order valence-corrected chi connectivity index (χ0v) is 20.2. The van der Waals surface area contributed by atoms with Crippen LogP contribution in [0.5, 0.6) is 0 Å². The van der Waals surface area contributed by atoms with Crippen LogP contribution in [0, 0.1) is 6.92 Å². The van der Waals surface area contributed by atoms with Crippen LogP contribution in [0.25, 0.3) is 11.0 Å². The molecule has 2 aromatic carbocycles. The Hall–Kier alpha value is -3.32. The Morgan fingerprint density at radius 1 is 1.21 bits per heavy atom. The monoisotopic (exact) mass is 476 g/mol. The van der Waals surface area contributed by atoms with Crippen LogP contribution in [0.3, 0.4) is 0 Å². The lowest BCUT2D eigenvalue weighted by molar-refractivity contribution is 0.363. The number of aromatic nitrogens is 3. The van der Waals surface area contributed by atoms with Gasteiger partial charge in [-0.05, 0) is 56.0 Å². The van der Waals surface area contributed by atoms with Gasteiger partial charge in [-0.3, -0.25) is 0 Å². The minimum atomic E-state index is -0.137. The van der Waals surface area contributed by atoms with Crippen molar-refractivity contribution in [1.82, 2.24) is 19.7 Å². The first-order chi connectivity index (χ1) is 16.5. The highest BCUT2D eigenvalue weighted by atomic mass is 35.5. The molecule has 1 aliphatic rings. The molecule has 4 aromatic rings. The molecule has 2 atom stereocenters. The Morgan fingerprint density at radius 2 is 2.00 bits per heavy atom. The zero-order valence-electron chi connectivity index (χ0n) is 19.5. The van der Waals surface area contributed by atoms with Gasteiger partial charge < -0.3 is 19.6 Å². The van der Waals surface area contributed by atoms with Crippen LogP contribution < -0.4 is 5.73 Å². The summed E-state index contributed by atoms with van der Waals surface area (Å²) < 4.78 is 8.24. The van der Waals surface area contributed by atoms with Gasteiger partial charge in [0.15, 0.2) is 11.8 Å². The first-order valence-electron chi connectivity index (χ1n) is 11.8. The number of rotatable bonds is 6. The maximum absolute atomic E-state index is 6.60. The van der Waals surface area contributed by atoms with Gasteiger partial charge in [0, 0.05) is 17.0 Å². The van der Waals surface area contributed by atoms with Crippen LogP contribution in [0.15, 0.2) is 64.0 Å². The van der Waals surface area contributed by atoms with Crippen molar-refractivity contribution in [2.45, 2.75) is 51.7 Å². The molecule has 34 heavy (non-hydrogen) atoms. The van der Waals surface area contributed by atoms with Gasteiger partial charge >= 0.3 is 0 Å². The Morgan fingerprint density at radius 3 is 2.76 bits per heavy atom. The SMILES string of the molecule is CC[C@H](N=C(N)N1CCC[C@@H]1c1nnc(C)n1Cc1ccc(Cl)cc1)c1cc2ccccc2o1. The minimum absolute atomic E-state index is 0.0328. The molecule has 0 saturated carbocycles. The van der Waals surface area contributed by atoms with Gasteiger partial charge in [0.05, 0.1) is 12.6 Å². The van der Waals surface area contributed by atoms with Crippen molar-refractivity contribution in [3.05, 3.63) is 82.6 Å². The molecule has 2 aromatic heterocycles. The summed E-state index contributed by atoms with van der Waals surface area (Å²) in [7, 11) is 0. The number of benzene rings is 2. The Kier molecular flexibility index (Phi) is 6.28. The molecular weight excluding hydrogens is 448 g/mol. The summed E-state index contributed by atoms with van der Waals surface area (Å²) in [5, 5.41) is 10.7. The number of halogens is 1. The summed E-state index contributed by atoms with van der Waals surface area (Å²) >= 11 is 6.06. The fourth-order valence-corrected chi connectivity index (χ4v) is 4.80. The van der Waals surface area contributed by atoms with E-state index >= 15 is 0 Å².